The molecule has 0 bridgehead atoms. The average molecular weight is 292 g/mol. The van der Waals surface area contributed by atoms with E-state index < -0.39 is 0 Å². The largest absolute Gasteiger partial charge is 0.329 e. The molecule has 0 saturated carbocycles. The van der Waals surface area contributed by atoms with E-state index in [0.29, 0.717) is 5.70 Å². The molecule has 0 aromatic carbocycles. The topological polar surface area (TPSA) is 92.3 Å². The second-order valence-corrected chi connectivity index (χ2v) is 6.04. The lowest BCUT2D eigenvalue weighted by atomic mass is 9.87. The molecule has 0 aromatic rings. The van der Waals surface area contributed by atoms with E-state index >= 15 is 0 Å². The van der Waals surface area contributed by atoms with Gasteiger partial charge >= 0.3 is 0 Å². The molecule has 2 saturated heterocycles. The third-order valence-corrected chi connectivity index (χ3v) is 3.99. The molecule has 2 fully saturated rings. The van der Waals surface area contributed by atoms with Crippen molar-refractivity contribution in [2.75, 3.05) is 0 Å². The number of hydrogen-bond acceptors (Lipinski definition) is 4. The first-order valence-electron chi connectivity index (χ1n) is 7.23. The van der Waals surface area contributed by atoms with Crippen molar-refractivity contribution in [3.05, 3.63) is 11.8 Å². The van der Waals surface area contributed by atoms with Crippen LogP contribution in [-0.4, -0.2) is 23.5 Å². The summed E-state index contributed by atoms with van der Waals surface area (Å²) in [5, 5.41) is 4.98. The first kappa shape index (κ1) is 15.4. The fourth-order valence-corrected chi connectivity index (χ4v) is 2.85. The molecule has 3 amide bonds. The summed E-state index contributed by atoms with van der Waals surface area (Å²) in [5.41, 5.74) is 0.634. The van der Waals surface area contributed by atoms with Gasteiger partial charge in [0, 0.05) is 37.0 Å². The molecule has 0 unspecified atom stereocenters. The zero-order chi connectivity index (χ0) is 15.6. The monoisotopic (exact) mass is 292 g/mol. The quantitative estimate of drug-likeness (QED) is 0.591. The van der Waals surface area contributed by atoms with Crippen molar-refractivity contribution in [2.45, 2.75) is 39.5 Å². The molecule has 0 spiro atoms. The van der Waals surface area contributed by atoms with Gasteiger partial charge in [0.1, 0.15) is 0 Å². The fourth-order valence-electron chi connectivity index (χ4n) is 2.85. The molecule has 2 rings (SSSR count). The number of rotatable bonds is 3. The van der Waals surface area contributed by atoms with Gasteiger partial charge in [0.25, 0.3) is 0 Å². The SMILES string of the molecule is C[C@H]1C[C@H](C)/C(=C/C(=O)CC2CC(=O)NC(=O)C2)NC1=O. The van der Waals surface area contributed by atoms with Crippen LogP contribution in [0.1, 0.15) is 39.5 Å². The normalized spacial score (nSPS) is 29.2. The molecule has 0 aromatic heterocycles. The van der Waals surface area contributed by atoms with Crippen LogP contribution < -0.4 is 10.6 Å². The highest BCUT2D eigenvalue weighted by molar-refractivity contribution is 5.99. The predicted octanol–water partition coefficient (Wildman–Crippen LogP) is 0.674. The van der Waals surface area contributed by atoms with Crippen LogP contribution in [0.15, 0.2) is 11.8 Å². The van der Waals surface area contributed by atoms with Crippen LogP contribution in [0.3, 0.4) is 0 Å². The summed E-state index contributed by atoms with van der Waals surface area (Å²) >= 11 is 0. The minimum Gasteiger partial charge on any atom is -0.329 e. The first-order chi connectivity index (χ1) is 9.85. The van der Waals surface area contributed by atoms with Crippen LogP contribution in [0.5, 0.6) is 0 Å². The lowest BCUT2D eigenvalue weighted by molar-refractivity contribution is -0.135. The van der Waals surface area contributed by atoms with E-state index in [-0.39, 0.29) is 60.5 Å². The Bertz CT molecular complexity index is 508. The molecule has 2 heterocycles. The van der Waals surface area contributed by atoms with Gasteiger partial charge in [0.2, 0.25) is 17.7 Å². The summed E-state index contributed by atoms with van der Waals surface area (Å²) in [7, 11) is 0. The van der Waals surface area contributed by atoms with Crippen molar-refractivity contribution in [1.29, 1.82) is 0 Å². The van der Waals surface area contributed by atoms with E-state index in [2.05, 4.69) is 10.6 Å². The van der Waals surface area contributed by atoms with Gasteiger partial charge in [-0.05, 0) is 18.3 Å². The van der Waals surface area contributed by atoms with E-state index in [9.17, 15) is 19.2 Å². The van der Waals surface area contributed by atoms with Gasteiger partial charge in [-0.3, -0.25) is 24.5 Å². The molecule has 114 valence electrons. The van der Waals surface area contributed by atoms with Crippen LogP contribution in [0, 0.1) is 17.8 Å². The zero-order valence-electron chi connectivity index (χ0n) is 12.3. The number of nitrogens with one attached hydrogen (secondary N) is 2. The average Bonchev–Trinajstić information content (AvgIpc) is 2.34. The number of allylic oxidation sites excluding steroid dienone is 2. The highest BCUT2D eigenvalue weighted by atomic mass is 16.2. The number of carbonyl (C=O) groups is 4. The van der Waals surface area contributed by atoms with Crippen LogP contribution >= 0.6 is 0 Å². The summed E-state index contributed by atoms with van der Waals surface area (Å²) < 4.78 is 0. The van der Waals surface area contributed by atoms with Gasteiger partial charge in [0.05, 0.1) is 0 Å². The maximum Gasteiger partial charge on any atom is 0.226 e. The first-order valence-corrected chi connectivity index (χ1v) is 7.23. The fraction of sp³-hybridized carbons (Fsp3) is 0.600. The molecular weight excluding hydrogens is 272 g/mol. The van der Waals surface area contributed by atoms with Gasteiger partial charge in [-0.15, -0.1) is 0 Å². The molecule has 2 aliphatic heterocycles. The lowest BCUT2D eigenvalue weighted by Gasteiger charge is -2.27. The highest BCUT2D eigenvalue weighted by Crippen LogP contribution is 2.25. The van der Waals surface area contributed by atoms with Gasteiger partial charge in [0.15, 0.2) is 5.78 Å². The number of carbonyl (C=O) groups excluding carboxylic acids is 4. The van der Waals surface area contributed by atoms with E-state index in [4.69, 9.17) is 0 Å². The summed E-state index contributed by atoms with van der Waals surface area (Å²) in [6.07, 6.45) is 2.71. The smallest absolute Gasteiger partial charge is 0.226 e. The molecule has 2 N–H and O–H groups in total. The number of piperidine rings is 2. The number of imide groups is 1. The Morgan fingerprint density at radius 2 is 1.71 bits per heavy atom. The van der Waals surface area contributed by atoms with Crippen molar-refractivity contribution in [1.82, 2.24) is 10.6 Å². The summed E-state index contributed by atoms with van der Waals surface area (Å²) in [6.45, 7) is 3.82. The van der Waals surface area contributed by atoms with Gasteiger partial charge in [-0.1, -0.05) is 13.8 Å². The second kappa shape index (κ2) is 6.20. The Morgan fingerprint density at radius 3 is 2.33 bits per heavy atom. The molecule has 6 heteroatoms. The Balaban J connectivity index is 1.97. The molecular formula is C15H20N2O4. The third-order valence-electron chi connectivity index (χ3n) is 3.99. The maximum absolute atomic E-state index is 12.1. The highest BCUT2D eigenvalue weighted by Gasteiger charge is 2.29. The van der Waals surface area contributed by atoms with Crippen molar-refractivity contribution in [3.8, 4) is 0 Å². The molecule has 2 aliphatic rings. The predicted molar refractivity (Wildman–Crippen MR) is 74.7 cm³/mol. The Morgan fingerprint density at radius 1 is 1.10 bits per heavy atom. The van der Waals surface area contributed by atoms with Crippen molar-refractivity contribution in [2.24, 2.45) is 17.8 Å². The van der Waals surface area contributed by atoms with Gasteiger partial charge in [-0.25, -0.2) is 0 Å². The van der Waals surface area contributed by atoms with Gasteiger partial charge in [-0.2, -0.15) is 0 Å². The Labute approximate surface area is 123 Å². The third kappa shape index (κ3) is 4.00. The molecule has 21 heavy (non-hydrogen) atoms. The Kier molecular flexibility index (Phi) is 4.55. The van der Waals surface area contributed by atoms with E-state index in [1.54, 1.807) is 0 Å². The van der Waals surface area contributed by atoms with Crippen LogP contribution in [0.2, 0.25) is 0 Å². The minimum atomic E-state index is -0.329. The van der Waals surface area contributed by atoms with Crippen molar-refractivity contribution < 1.29 is 19.2 Å². The zero-order valence-corrected chi connectivity index (χ0v) is 12.3. The van der Waals surface area contributed by atoms with Crippen LogP contribution in [0.25, 0.3) is 0 Å². The van der Waals surface area contributed by atoms with E-state index in [1.807, 2.05) is 13.8 Å². The van der Waals surface area contributed by atoms with Crippen LogP contribution in [0.4, 0.5) is 0 Å². The van der Waals surface area contributed by atoms with Crippen molar-refractivity contribution >= 4 is 23.5 Å². The molecule has 6 nitrogen and oxygen atoms in total. The standard InChI is InChI=1S/C15H20N2O4/c1-8-3-9(2)15(21)16-12(8)7-11(18)4-10-5-13(19)17-14(20)6-10/h7-10H,3-6H2,1-2H3,(H,16,21)(H,17,19,20)/b12-7-/t8-,9-/m0/s1. The maximum atomic E-state index is 12.1. The van der Waals surface area contributed by atoms with Crippen molar-refractivity contribution in [3.63, 3.8) is 0 Å². The summed E-state index contributed by atoms with van der Waals surface area (Å²) in [6, 6.07) is 0. The number of amides is 3. The Hall–Kier alpha value is -1.98. The van der Waals surface area contributed by atoms with E-state index in [0.717, 1.165) is 6.42 Å². The summed E-state index contributed by atoms with van der Waals surface area (Å²) in [5.74, 6) is -1.05. The molecule has 2 atom stereocenters. The lowest BCUT2D eigenvalue weighted by Crippen LogP contribution is -2.39. The van der Waals surface area contributed by atoms with Gasteiger partial charge < -0.3 is 5.32 Å². The molecule has 0 aliphatic carbocycles. The van der Waals surface area contributed by atoms with Crippen LogP contribution in [-0.2, 0) is 19.2 Å². The number of ketones is 1. The second-order valence-electron chi connectivity index (χ2n) is 6.04. The minimum absolute atomic E-state index is 0.0492. The number of hydrogen-bond donors (Lipinski definition) is 2. The summed E-state index contributed by atoms with van der Waals surface area (Å²) in [4.78, 5) is 46.2. The molecule has 0 radical (unpaired) electrons. The van der Waals surface area contributed by atoms with E-state index in [1.165, 1.54) is 6.08 Å².